The van der Waals surface area contributed by atoms with Crippen LogP contribution in [0.5, 0.6) is 0 Å². The Morgan fingerprint density at radius 3 is 2.67 bits per heavy atom. The number of halogens is 1. The molecule has 8 heteroatoms. The Morgan fingerprint density at radius 1 is 1.25 bits per heavy atom. The molecule has 1 saturated carbocycles. The highest BCUT2D eigenvalue weighted by atomic mass is 35.5. The molecular formula is C16H15ClN4O3. The Morgan fingerprint density at radius 2 is 2.00 bits per heavy atom. The van der Waals surface area contributed by atoms with Crippen LogP contribution in [-0.2, 0) is 11.3 Å². The molecule has 0 spiro atoms. The van der Waals surface area contributed by atoms with Gasteiger partial charge in [0.25, 0.3) is 0 Å². The van der Waals surface area contributed by atoms with Crippen LogP contribution < -0.4 is 5.32 Å². The number of nitrogens with one attached hydrogen (secondary N) is 1. The van der Waals surface area contributed by atoms with Gasteiger partial charge in [-0.15, -0.1) is 0 Å². The lowest BCUT2D eigenvalue weighted by Gasteiger charge is -2.30. The summed E-state index contributed by atoms with van der Waals surface area (Å²) in [6.07, 6.45) is 2.48. The lowest BCUT2D eigenvalue weighted by Crippen LogP contribution is -2.54. The molecule has 0 unspecified atom stereocenters. The second-order valence-electron chi connectivity index (χ2n) is 6.10. The van der Waals surface area contributed by atoms with Gasteiger partial charge in [0.05, 0.1) is 0 Å². The Kier molecular flexibility index (Phi) is 3.72. The van der Waals surface area contributed by atoms with E-state index in [1.54, 1.807) is 24.3 Å². The monoisotopic (exact) mass is 346 g/mol. The van der Waals surface area contributed by atoms with Crippen molar-refractivity contribution in [2.45, 2.75) is 31.8 Å². The highest BCUT2D eigenvalue weighted by molar-refractivity contribution is 6.30. The molecule has 0 radical (unpaired) electrons. The number of urea groups is 1. The molecule has 2 heterocycles. The zero-order valence-corrected chi connectivity index (χ0v) is 13.5. The Labute approximate surface area is 143 Å². The van der Waals surface area contributed by atoms with Crippen LogP contribution in [0.1, 0.15) is 25.2 Å². The summed E-state index contributed by atoms with van der Waals surface area (Å²) in [6.45, 7) is -0.0252. The minimum absolute atomic E-state index is 0.0252. The van der Waals surface area contributed by atoms with Crippen molar-refractivity contribution in [2.24, 2.45) is 5.92 Å². The summed E-state index contributed by atoms with van der Waals surface area (Å²) in [6, 6.07) is 6.58. The summed E-state index contributed by atoms with van der Waals surface area (Å²) in [5.41, 5.74) is 0.748. The van der Waals surface area contributed by atoms with E-state index in [0.717, 1.165) is 23.3 Å². The Balaban J connectivity index is 1.46. The first-order valence-electron chi connectivity index (χ1n) is 7.79. The minimum atomic E-state index is -0.394. The number of aromatic nitrogens is 2. The van der Waals surface area contributed by atoms with Gasteiger partial charge >= 0.3 is 6.03 Å². The maximum absolute atomic E-state index is 12.2. The quantitative estimate of drug-likeness (QED) is 0.919. The van der Waals surface area contributed by atoms with E-state index in [-0.39, 0.29) is 24.4 Å². The van der Waals surface area contributed by atoms with Gasteiger partial charge in [-0.25, -0.2) is 4.79 Å². The van der Waals surface area contributed by atoms with Crippen molar-refractivity contribution in [3.8, 4) is 11.4 Å². The number of amides is 3. The Bertz CT molecular complexity index is 767. The van der Waals surface area contributed by atoms with E-state index in [0.29, 0.717) is 23.2 Å². The van der Waals surface area contributed by atoms with E-state index in [4.69, 9.17) is 16.1 Å². The van der Waals surface area contributed by atoms with Crippen molar-refractivity contribution >= 4 is 23.5 Å². The third kappa shape index (κ3) is 2.99. The van der Waals surface area contributed by atoms with E-state index in [9.17, 15) is 9.59 Å². The van der Waals surface area contributed by atoms with E-state index in [1.165, 1.54) is 0 Å². The summed E-state index contributed by atoms with van der Waals surface area (Å²) < 4.78 is 5.17. The van der Waals surface area contributed by atoms with Gasteiger partial charge in [-0.1, -0.05) is 16.8 Å². The van der Waals surface area contributed by atoms with Gasteiger partial charge in [-0.05, 0) is 43.0 Å². The van der Waals surface area contributed by atoms with Gasteiger partial charge in [-0.3, -0.25) is 9.69 Å². The second kappa shape index (κ2) is 5.90. The van der Waals surface area contributed by atoms with Crippen LogP contribution in [0.4, 0.5) is 4.79 Å². The number of rotatable bonds is 4. The van der Waals surface area contributed by atoms with Crippen LogP contribution in [0, 0.1) is 5.92 Å². The van der Waals surface area contributed by atoms with Crippen LogP contribution in [0.15, 0.2) is 28.8 Å². The topological polar surface area (TPSA) is 88.3 Å². The predicted octanol–water partition coefficient (Wildman–Crippen LogP) is 2.61. The highest BCUT2D eigenvalue weighted by Crippen LogP contribution is 2.35. The Hall–Kier alpha value is -2.41. The molecule has 1 saturated heterocycles. The smallest absolute Gasteiger partial charge is 0.324 e. The van der Waals surface area contributed by atoms with Crippen LogP contribution in [0.25, 0.3) is 11.4 Å². The van der Waals surface area contributed by atoms with E-state index in [1.807, 2.05) is 0 Å². The fraction of sp³-hybridized carbons (Fsp3) is 0.375. The summed E-state index contributed by atoms with van der Waals surface area (Å²) >= 11 is 5.85. The molecule has 4 rings (SSSR count). The summed E-state index contributed by atoms with van der Waals surface area (Å²) in [7, 11) is 0. The molecular weight excluding hydrogens is 332 g/mol. The van der Waals surface area contributed by atoms with E-state index in [2.05, 4.69) is 15.5 Å². The lowest BCUT2D eigenvalue weighted by molar-refractivity contribution is -0.131. The maximum Gasteiger partial charge on any atom is 0.324 e. The number of nitrogens with zero attached hydrogens (tertiary/aromatic N) is 3. The molecule has 24 heavy (non-hydrogen) atoms. The predicted molar refractivity (Wildman–Crippen MR) is 85.0 cm³/mol. The normalized spacial score (nSPS) is 21.0. The maximum atomic E-state index is 12.2. The van der Waals surface area contributed by atoms with Crippen molar-refractivity contribution in [3.05, 3.63) is 35.2 Å². The van der Waals surface area contributed by atoms with E-state index >= 15 is 0 Å². The van der Waals surface area contributed by atoms with Gasteiger partial charge in [-0.2, -0.15) is 4.98 Å². The van der Waals surface area contributed by atoms with Crippen molar-refractivity contribution in [2.75, 3.05) is 0 Å². The zero-order chi connectivity index (χ0) is 16.7. The molecule has 1 aromatic heterocycles. The molecule has 7 nitrogen and oxygen atoms in total. The molecule has 1 N–H and O–H groups in total. The molecule has 2 aromatic rings. The molecule has 1 aromatic carbocycles. The minimum Gasteiger partial charge on any atom is -0.337 e. The highest BCUT2D eigenvalue weighted by Gasteiger charge is 2.40. The fourth-order valence-electron chi connectivity index (χ4n) is 2.81. The molecule has 3 amide bonds. The van der Waals surface area contributed by atoms with Gasteiger partial charge in [0, 0.05) is 23.0 Å². The molecule has 2 fully saturated rings. The van der Waals surface area contributed by atoms with Crippen molar-refractivity contribution < 1.29 is 14.1 Å². The van der Waals surface area contributed by atoms with Crippen LogP contribution in [0.2, 0.25) is 5.02 Å². The second-order valence-corrected chi connectivity index (χ2v) is 6.53. The largest absolute Gasteiger partial charge is 0.337 e. The number of imide groups is 1. The molecule has 0 bridgehead atoms. The number of carbonyl (C=O) groups excluding carboxylic acids is 2. The number of hydrogen-bond acceptors (Lipinski definition) is 5. The van der Waals surface area contributed by atoms with Crippen molar-refractivity contribution in [3.63, 3.8) is 0 Å². The summed E-state index contributed by atoms with van der Waals surface area (Å²) in [5, 5.41) is 7.39. The summed E-state index contributed by atoms with van der Waals surface area (Å²) in [5.74, 6) is 0.845. The van der Waals surface area contributed by atoms with Crippen molar-refractivity contribution in [1.29, 1.82) is 0 Å². The number of benzene rings is 1. The molecule has 1 aliphatic heterocycles. The number of carbonyl (C=O) groups is 2. The first-order chi connectivity index (χ1) is 11.6. The van der Waals surface area contributed by atoms with Gasteiger partial charge in [0.15, 0.2) is 0 Å². The molecule has 1 aliphatic carbocycles. The first-order valence-corrected chi connectivity index (χ1v) is 8.17. The molecule has 2 aliphatic rings. The standard InChI is InChI=1S/C16H15ClN4O3/c17-11-5-3-10(4-6-11)15-19-13(24-20-15)8-21-14(22)7-12(9-1-2-9)18-16(21)23/h3-6,9,12H,1-2,7-8H2,(H,18,23)/t12-/m0/s1. The van der Waals surface area contributed by atoms with Crippen LogP contribution >= 0.6 is 11.6 Å². The molecule has 124 valence electrons. The lowest BCUT2D eigenvalue weighted by atomic mass is 10.1. The van der Waals surface area contributed by atoms with E-state index < -0.39 is 6.03 Å². The van der Waals surface area contributed by atoms with Crippen LogP contribution in [0.3, 0.4) is 0 Å². The average Bonchev–Trinajstić information content (AvgIpc) is 3.31. The van der Waals surface area contributed by atoms with Gasteiger partial charge in [0.2, 0.25) is 17.6 Å². The van der Waals surface area contributed by atoms with Crippen LogP contribution in [-0.4, -0.2) is 33.0 Å². The third-order valence-electron chi connectivity index (χ3n) is 4.30. The van der Waals surface area contributed by atoms with Crippen molar-refractivity contribution in [1.82, 2.24) is 20.4 Å². The third-order valence-corrected chi connectivity index (χ3v) is 4.56. The van der Waals surface area contributed by atoms with Gasteiger partial charge < -0.3 is 9.84 Å². The number of hydrogen-bond donors (Lipinski definition) is 1. The molecule has 1 atom stereocenters. The fourth-order valence-corrected chi connectivity index (χ4v) is 2.94. The zero-order valence-electron chi connectivity index (χ0n) is 12.7. The van der Waals surface area contributed by atoms with Gasteiger partial charge in [0.1, 0.15) is 6.54 Å². The SMILES string of the molecule is O=C1C[C@@H](C2CC2)NC(=O)N1Cc1nc(-c2ccc(Cl)cc2)no1. The summed E-state index contributed by atoms with van der Waals surface area (Å²) in [4.78, 5) is 29.7. The first kappa shape index (κ1) is 15.1. The average molecular weight is 347 g/mol.